The minimum absolute atomic E-state index is 0.143. The van der Waals surface area contributed by atoms with Crippen LogP contribution in [0.5, 0.6) is 0 Å². The van der Waals surface area contributed by atoms with Gasteiger partial charge in [-0.05, 0) is 31.7 Å². The average Bonchev–Trinajstić information content (AvgIpc) is 2.98. The maximum Gasteiger partial charge on any atom is 0.240 e. The molecular formula is C13H18N4O2S. The molecule has 108 valence electrons. The molecule has 2 aromatic rings. The fourth-order valence-electron chi connectivity index (χ4n) is 1.74. The molecular weight excluding hydrogens is 276 g/mol. The normalized spacial score (nSPS) is 13.3. The zero-order valence-corrected chi connectivity index (χ0v) is 12.2. The highest BCUT2D eigenvalue weighted by Gasteiger charge is 2.14. The molecule has 0 radical (unpaired) electrons. The van der Waals surface area contributed by atoms with E-state index in [1.165, 1.54) is 0 Å². The highest BCUT2D eigenvalue weighted by atomic mass is 32.2. The quantitative estimate of drug-likeness (QED) is 0.746. The molecule has 7 heteroatoms. The van der Waals surface area contributed by atoms with Gasteiger partial charge in [0.2, 0.25) is 10.0 Å². The molecule has 0 aliphatic rings. The summed E-state index contributed by atoms with van der Waals surface area (Å²) in [6.45, 7) is 2.16. The van der Waals surface area contributed by atoms with Crippen LogP contribution in [0.1, 0.15) is 24.4 Å². The van der Waals surface area contributed by atoms with Crippen LogP contribution in [0, 0.1) is 0 Å². The molecule has 1 atom stereocenters. The van der Waals surface area contributed by atoms with Gasteiger partial charge < -0.3 is 10.3 Å². The van der Waals surface area contributed by atoms with E-state index < -0.39 is 10.0 Å². The largest absolute Gasteiger partial charge is 0.347 e. The Kier molecular flexibility index (Phi) is 4.53. The second kappa shape index (κ2) is 6.17. The average molecular weight is 294 g/mol. The molecule has 2 rings (SSSR count). The molecule has 6 nitrogen and oxygen atoms in total. The van der Waals surface area contributed by atoms with Crippen LogP contribution in [0.25, 0.3) is 0 Å². The van der Waals surface area contributed by atoms with Gasteiger partial charge in [0.1, 0.15) is 5.82 Å². The fraction of sp³-hybridized carbons (Fsp3) is 0.308. The monoisotopic (exact) mass is 294 g/mol. The van der Waals surface area contributed by atoms with E-state index in [0.717, 1.165) is 5.56 Å². The van der Waals surface area contributed by atoms with Crippen LogP contribution in [0.2, 0.25) is 0 Å². The number of nitrogens with zero attached hydrogens (tertiary/aromatic N) is 1. The molecule has 0 fully saturated rings. The molecule has 0 saturated heterocycles. The van der Waals surface area contributed by atoms with Crippen LogP contribution in [-0.4, -0.2) is 25.4 Å². The second-order valence-electron chi connectivity index (χ2n) is 4.44. The highest BCUT2D eigenvalue weighted by Crippen LogP contribution is 2.15. The standard InChI is InChI=1S/C13H18N4O2S/c1-10(14-2)11-3-5-12(6-4-11)20(18,19)17-9-13-15-7-8-16-13/h3-8,10,14,17H,9H2,1-2H3,(H,15,16). The molecule has 0 aliphatic carbocycles. The molecule has 1 aromatic heterocycles. The SMILES string of the molecule is CNC(C)c1ccc(S(=O)(=O)NCc2ncc[nH]2)cc1. The summed E-state index contributed by atoms with van der Waals surface area (Å²) in [6.07, 6.45) is 3.23. The second-order valence-corrected chi connectivity index (χ2v) is 6.21. The number of hydrogen-bond donors (Lipinski definition) is 3. The third-order valence-corrected chi connectivity index (χ3v) is 4.53. The van der Waals surface area contributed by atoms with Crippen LogP contribution in [0.15, 0.2) is 41.6 Å². The van der Waals surface area contributed by atoms with Gasteiger partial charge in [-0.15, -0.1) is 0 Å². The van der Waals surface area contributed by atoms with E-state index >= 15 is 0 Å². The van der Waals surface area contributed by atoms with Crippen LogP contribution >= 0.6 is 0 Å². The number of sulfonamides is 1. The lowest BCUT2D eigenvalue weighted by Gasteiger charge is -2.11. The van der Waals surface area contributed by atoms with Gasteiger partial charge in [-0.2, -0.15) is 0 Å². The summed E-state index contributed by atoms with van der Waals surface area (Å²) in [4.78, 5) is 7.06. The summed E-state index contributed by atoms with van der Waals surface area (Å²) in [6, 6.07) is 7.01. The molecule has 0 spiro atoms. The van der Waals surface area contributed by atoms with Crippen LogP contribution in [-0.2, 0) is 16.6 Å². The molecule has 0 bridgehead atoms. The summed E-state index contributed by atoms with van der Waals surface area (Å²) < 4.78 is 26.7. The van der Waals surface area contributed by atoms with Crippen molar-refractivity contribution < 1.29 is 8.42 Å². The molecule has 0 aliphatic heterocycles. The van der Waals surface area contributed by atoms with Gasteiger partial charge in [-0.1, -0.05) is 12.1 Å². The Morgan fingerprint density at radius 3 is 2.55 bits per heavy atom. The first-order valence-corrected chi connectivity index (χ1v) is 7.76. The van der Waals surface area contributed by atoms with E-state index in [1.807, 2.05) is 26.1 Å². The smallest absolute Gasteiger partial charge is 0.240 e. The Labute approximate surface area is 118 Å². The number of hydrogen-bond acceptors (Lipinski definition) is 4. The van der Waals surface area contributed by atoms with E-state index in [0.29, 0.717) is 5.82 Å². The van der Waals surface area contributed by atoms with Crippen molar-refractivity contribution in [3.05, 3.63) is 48.0 Å². The first kappa shape index (κ1) is 14.7. The number of imidazole rings is 1. The van der Waals surface area contributed by atoms with Gasteiger partial charge >= 0.3 is 0 Å². The molecule has 1 aromatic carbocycles. The van der Waals surface area contributed by atoms with Crippen molar-refractivity contribution in [1.29, 1.82) is 0 Å². The Bertz CT molecular complexity index is 636. The number of nitrogens with one attached hydrogen (secondary N) is 3. The summed E-state index contributed by atoms with van der Waals surface area (Å²) in [5.41, 5.74) is 1.04. The number of rotatable bonds is 6. The van der Waals surface area contributed by atoms with Crippen molar-refractivity contribution >= 4 is 10.0 Å². The maximum absolute atomic E-state index is 12.1. The lowest BCUT2D eigenvalue weighted by molar-refractivity contribution is 0.579. The van der Waals surface area contributed by atoms with Crippen LogP contribution in [0.4, 0.5) is 0 Å². The van der Waals surface area contributed by atoms with E-state index in [2.05, 4.69) is 20.0 Å². The molecule has 0 amide bonds. The number of aromatic nitrogens is 2. The number of H-pyrrole nitrogens is 1. The zero-order valence-electron chi connectivity index (χ0n) is 11.4. The van der Waals surface area contributed by atoms with E-state index in [1.54, 1.807) is 24.5 Å². The topological polar surface area (TPSA) is 86.9 Å². The Hall–Kier alpha value is -1.70. The van der Waals surface area contributed by atoms with Gasteiger partial charge in [-0.3, -0.25) is 0 Å². The zero-order chi connectivity index (χ0) is 14.6. The fourth-order valence-corrected chi connectivity index (χ4v) is 2.73. The highest BCUT2D eigenvalue weighted by molar-refractivity contribution is 7.89. The summed E-state index contributed by atoms with van der Waals surface area (Å²) in [5.74, 6) is 0.578. The third kappa shape index (κ3) is 3.44. The maximum atomic E-state index is 12.1. The van der Waals surface area contributed by atoms with E-state index in [-0.39, 0.29) is 17.5 Å². The molecule has 3 N–H and O–H groups in total. The minimum atomic E-state index is -3.52. The van der Waals surface area contributed by atoms with Gasteiger partial charge in [0.15, 0.2) is 0 Å². The Morgan fingerprint density at radius 1 is 1.30 bits per heavy atom. The van der Waals surface area contributed by atoms with Gasteiger partial charge in [0.25, 0.3) is 0 Å². The summed E-state index contributed by atoms with van der Waals surface area (Å²) in [5, 5.41) is 3.11. The number of aromatic amines is 1. The van der Waals surface area contributed by atoms with Crippen molar-refractivity contribution in [3.63, 3.8) is 0 Å². The molecule has 1 heterocycles. The predicted octanol–water partition coefficient (Wildman–Crippen LogP) is 1.17. The first-order chi connectivity index (χ1) is 9.53. The Morgan fingerprint density at radius 2 is 2.00 bits per heavy atom. The number of benzene rings is 1. The van der Waals surface area contributed by atoms with Crippen LogP contribution < -0.4 is 10.0 Å². The van der Waals surface area contributed by atoms with Gasteiger partial charge in [0.05, 0.1) is 11.4 Å². The van der Waals surface area contributed by atoms with Crippen molar-refractivity contribution in [2.24, 2.45) is 0 Å². The van der Waals surface area contributed by atoms with Gasteiger partial charge in [-0.25, -0.2) is 18.1 Å². The van der Waals surface area contributed by atoms with E-state index in [9.17, 15) is 8.42 Å². The van der Waals surface area contributed by atoms with Crippen LogP contribution in [0.3, 0.4) is 0 Å². The van der Waals surface area contributed by atoms with Crippen molar-refractivity contribution in [2.75, 3.05) is 7.05 Å². The lowest BCUT2D eigenvalue weighted by Crippen LogP contribution is -2.24. The van der Waals surface area contributed by atoms with Crippen molar-refractivity contribution in [1.82, 2.24) is 20.0 Å². The predicted molar refractivity (Wildman–Crippen MR) is 76.5 cm³/mol. The third-order valence-electron chi connectivity index (χ3n) is 3.11. The van der Waals surface area contributed by atoms with Crippen molar-refractivity contribution in [3.8, 4) is 0 Å². The summed E-state index contributed by atoms with van der Waals surface area (Å²) >= 11 is 0. The molecule has 1 unspecified atom stereocenters. The molecule has 20 heavy (non-hydrogen) atoms. The lowest BCUT2D eigenvalue weighted by atomic mass is 10.1. The Balaban J connectivity index is 2.09. The van der Waals surface area contributed by atoms with Gasteiger partial charge in [0, 0.05) is 18.4 Å². The molecule has 0 saturated carbocycles. The van der Waals surface area contributed by atoms with E-state index in [4.69, 9.17) is 0 Å². The first-order valence-electron chi connectivity index (χ1n) is 6.28. The minimum Gasteiger partial charge on any atom is -0.347 e. The van der Waals surface area contributed by atoms with Crippen molar-refractivity contribution in [2.45, 2.75) is 24.4 Å². The summed E-state index contributed by atoms with van der Waals surface area (Å²) in [7, 11) is -1.65.